The average molecular weight is 537 g/mol. The van der Waals surface area contributed by atoms with E-state index in [1.165, 1.54) is 38.5 Å². The highest BCUT2D eigenvalue weighted by Gasteiger charge is 2.33. The third kappa shape index (κ3) is 9.39. The van der Waals surface area contributed by atoms with E-state index in [4.69, 9.17) is 4.74 Å². The highest BCUT2D eigenvalue weighted by molar-refractivity contribution is 5.74. The van der Waals surface area contributed by atoms with Gasteiger partial charge < -0.3 is 35.4 Å². The number of hydrogen-bond donors (Lipinski definition) is 4. The molecule has 1 aromatic carbocycles. The van der Waals surface area contributed by atoms with Gasteiger partial charge in [-0.05, 0) is 49.9 Å². The van der Waals surface area contributed by atoms with E-state index in [1.807, 2.05) is 6.07 Å². The summed E-state index contributed by atoms with van der Waals surface area (Å²) in [6, 6.07) is 5.83. The zero-order chi connectivity index (χ0) is 27.3. The van der Waals surface area contributed by atoms with Crippen molar-refractivity contribution < 1.29 is 28.6 Å². The topological polar surface area (TPSA) is 112 Å². The van der Waals surface area contributed by atoms with Gasteiger partial charge in [-0.1, -0.05) is 44.2 Å². The van der Waals surface area contributed by atoms with E-state index < -0.39 is 18.3 Å². The third-order valence-corrected chi connectivity index (χ3v) is 7.70. The number of carbonyl (C=O) groups excluding carboxylic acids is 2. The number of ether oxygens (including phenoxy) is 2. The number of likely N-dealkylation sites (tertiary alicyclic amines) is 1. The zero-order valence-electron chi connectivity index (χ0n) is 22.8. The molecule has 1 unspecified atom stereocenters. The highest BCUT2D eigenvalue weighted by Crippen LogP contribution is 2.33. The number of amides is 3. The average Bonchev–Trinajstić information content (AvgIpc) is 2.93. The molecule has 4 N–H and O–H groups in total. The Labute approximate surface area is 225 Å². The number of nitrogens with zero attached hydrogens (tertiary/aromatic N) is 1. The molecule has 1 aromatic rings. The number of likely N-dealkylation sites (N-methyl/N-ethyl adjacent to an activating group) is 1. The lowest BCUT2D eigenvalue weighted by Crippen LogP contribution is -2.54. The van der Waals surface area contributed by atoms with Crippen LogP contribution in [0.15, 0.2) is 24.3 Å². The fourth-order valence-corrected chi connectivity index (χ4v) is 5.74. The Kier molecular flexibility index (Phi) is 12.6. The molecule has 1 saturated heterocycles. The summed E-state index contributed by atoms with van der Waals surface area (Å²) < 4.78 is 24.8. The maximum absolute atomic E-state index is 14.1. The lowest BCUT2D eigenvalue weighted by molar-refractivity contribution is -0.00920. The summed E-state index contributed by atoms with van der Waals surface area (Å²) in [5.74, 6) is 0.116. The molecule has 3 rings (SSSR count). The Morgan fingerprint density at radius 2 is 1.97 bits per heavy atom. The van der Waals surface area contributed by atoms with Crippen molar-refractivity contribution in [2.75, 3.05) is 46.9 Å². The second kappa shape index (κ2) is 15.9. The quantitative estimate of drug-likeness (QED) is 0.304. The lowest BCUT2D eigenvalue weighted by atomic mass is 9.83. The molecule has 0 radical (unpaired) electrons. The standard InChI is InChI=1S/C28H45FN4O5/c1-30-18-25(34)24(16-20-8-4-3-5-9-20)32-27(35)33-14-7-11-22(19-33)26(21-10-6-12-23(29)17-21)38-15-13-31-28(36)37-2/h6,10,12,17,20,22,24-26,30,34H,3-5,7-9,11,13-16,18-19H2,1-2H3,(H,31,36)(H,32,35)/t22-,24+,25+,26?/m1/s1. The molecule has 1 saturated carbocycles. The van der Waals surface area contributed by atoms with Crippen LogP contribution in [0, 0.1) is 17.7 Å². The van der Waals surface area contributed by atoms with Gasteiger partial charge in [0.15, 0.2) is 0 Å². The van der Waals surface area contributed by atoms with Crippen LogP contribution in [0.3, 0.4) is 0 Å². The Morgan fingerprint density at radius 3 is 2.68 bits per heavy atom. The largest absolute Gasteiger partial charge is 0.453 e. The molecular weight excluding hydrogens is 491 g/mol. The first-order valence-electron chi connectivity index (χ1n) is 14.0. The molecular formula is C28H45FN4O5. The molecule has 1 aliphatic carbocycles. The molecule has 0 spiro atoms. The van der Waals surface area contributed by atoms with Crippen molar-refractivity contribution >= 4 is 12.1 Å². The Hall–Kier alpha value is -2.43. The number of aliphatic hydroxyl groups is 1. The monoisotopic (exact) mass is 536 g/mol. The summed E-state index contributed by atoms with van der Waals surface area (Å²) in [6.07, 6.45) is 6.69. The van der Waals surface area contributed by atoms with Gasteiger partial charge in [0.2, 0.25) is 0 Å². The van der Waals surface area contributed by atoms with Crippen LogP contribution < -0.4 is 16.0 Å². The first-order valence-corrected chi connectivity index (χ1v) is 14.0. The SMILES string of the molecule is CNC[C@H](O)[C@H](CC1CCCCC1)NC(=O)N1CCC[C@@H](C(OCCNC(=O)OC)c2cccc(F)c2)C1. The predicted molar refractivity (Wildman–Crippen MR) is 143 cm³/mol. The van der Waals surface area contributed by atoms with Gasteiger partial charge in [-0.25, -0.2) is 14.0 Å². The number of benzene rings is 1. The summed E-state index contributed by atoms with van der Waals surface area (Å²) in [6.45, 7) is 1.95. The number of rotatable bonds is 12. The molecule has 0 bridgehead atoms. The van der Waals surface area contributed by atoms with Crippen molar-refractivity contribution in [2.24, 2.45) is 11.8 Å². The Morgan fingerprint density at radius 1 is 1.18 bits per heavy atom. The van der Waals surface area contributed by atoms with E-state index in [2.05, 4.69) is 20.7 Å². The van der Waals surface area contributed by atoms with Gasteiger partial charge in [-0.3, -0.25) is 0 Å². The third-order valence-electron chi connectivity index (χ3n) is 7.70. The van der Waals surface area contributed by atoms with Crippen LogP contribution in [0.4, 0.5) is 14.0 Å². The van der Waals surface area contributed by atoms with Crippen molar-refractivity contribution in [3.63, 3.8) is 0 Å². The Balaban J connectivity index is 1.66. The summed E-state index contributed by atoms with van der Waals surface area (Å²) in [5.41, 5.74) is 0.704. The zero-order valence-corrected chi connectivity index (χ0v) is 22.8. The molecule has 38 heavy (non-hydrogen) atoms. The van der Waals surface area contributed by atoms with Crippen LogP contribution in [-0.4, -0.2) is 81.2 Å². The van der Waals surface area contributed by atoms with Gasteiger partial charge in [-0.2, -0.15) is 0 Å². The summed E-state index contributed by atoms with van der Waals surface area (Å²) >= 11 is 0. The van der Waals surface area contributed by atoms with Crippen molar-refractivity contribution in [2.45, 2.75) is 69.6 Å². The molecule has 0 aromatic heterocycles. The number of aliphatic hydroxyl groups excluding tert-OH is 1. The minimum Gasteiger partial charge on any atom is -0.453 e. The van der Waals surface area contributed by atoms with E-state index in [0.29, 0.717) is 31.1 Å². The highest BCUT2D eigenvalue weighted by atomic mass is 19.1. The van der Waals surface area contributed by atoms with Gasteiger partial charge in [0.25, 0.3) is 0 Å². The number of nitrogens with one attached hydrogen (secondary N) is 3. The first kappa shape index (κ1) is 30.1. The van der Waals surface area contributed by atoms with Gasteiger partial charge >= 0.3 is 12.1 Å². The Bertz CT molecular complexity index is 869. The number of halogens is 1. The number of carbonyl (C=O) groups is 2. The maximum Gasteiger partial charge on any atom is 0.406 e. The van der Waals surface area contributed by atoms with Crippen LogP contribution in [-0.2, 0) is 9.47 Å². The van der Waals surface area contributed by atoms with Crippen molar-refractivity contribution in [1.82, 2.24) is 20.9 Å². The minimum atomic E-state index is -0.669. The van der Waals surface area contributed by atoms with Crippen molar-refractivity contribution in [3.8, 4) is 0 Å². The van der Waals surface area contributed by atoms with Gasteiger partial charge in [-0.15, -0.1) is 0 Å². The van der Waals surface area contributed by atoms with Crippen LogP contribution >= 0.6 is 0 Å². The lowest BCUT2D eigenvalue weighted by Gasteiger charge is -2.38. The van der Waals surface area contributed by atoms with Gasteiger partial charge in [0.1, 0.15) is 5.82 Å². The molecule has 2 aliphatic rings. The molecule has 3 amide bonds. The molecule has 1 heterocycles. The number of piperidine rings is 1. The van der Waals surface area contributed by atoms with Crippen molar-refractivity contribution in [1.29, 1.82) is 0 Å². The summed E-state index contributed by atoms with van der Waals surface area (Å²) in [7, 11) is 3.09. The van der Waals surface area contributed by atoms with Gasteiger partial charge in [0.05, 0.1) is 32.0 Å². The molecule has 214 valence electrons. The second-order valence-corrected chi connectivity index (χ2v) is 10.5. The van der Waals surface area contributed by atoms with E-state index in [9.17, 15) is 19.1 Å². The molecule has 1 aliphatic heterocycles. The number of hydrogen-bond acceptors (Lipinski definition) is 6. The maximum atomic E-state index is 14.1. The second-order valence-electron chi connectivity index (χ2n) is 10.5. The smallest absolute Gasteiger partial charge is 0.406 e. The fourth-order valence-electron chi connectivity index (χ4n) is 5.74. The summed E-state index contributed by atoms with van der Waals surface area (Å²) in [5, 5.41) is 19.5. The van der Waals surface area contributed by atoms with E-state index in [0.717, 1.165) is 32.1 Å². The van der Waals surface area contributed by atoms with Crippen LogP contribution in [0.5, 0.6) is 0 Å². The molecule has 10 heteroatoms. The van der Waals surface area contributed by atoms with Crippen LogP contribution in [0.25, 0.3) is 0 Å². The molecule has 2 fully saturated rings. The molecule has 4 atom stereocenters. The van der Waals surface area contributed by atoms with E-state index in [-0.39, 0.29) is 37.0 Å². The van der Waals surface area contributed by atoms with E-state index in [1.54, 1.807) is 18.0 Å². The van der Waals surface area contributed by atoms with Crippen molar-refractivity contribution in [3.05, 3.63) is 35.6 Å². The number of urea groups is 1. The summed E-state index contributed by atoms with van der Waals surface area (Å²) in [4.78, 5) is 26.6. The number of alkyl carbamates (subject to hydrolysis) is 1. The number of methoxy groups -OCH3 is 1. The van der Waals surface area contributed by atoms with Crippen LogP contribution in [0.2, 0.25) is 0 Å². The fraction of sp³-hybridized carbons (Fsp3) is 0.714. The predicted octanol–water partition coefficient (Wildman–Crippen LogP) is 3.58. The normalized spacial score (nSPS) is 20.8. The first-order chi connectivity index (χ1) is 18.4. The minimum absolute atomic E-state index is 0.0477. The van der Waals surface area contributed by atoms with Gasteiger partial charge in [0, 0.05) is 32.1 Å². The molecule has 9 nitrogen and oxygen atoms in total. The van der Waals surface area contributed by atoms with E-state index >= 15 is 0 Å². The van der Waals surface area contributed by atoms with Crippen LogP contribution in [0.1, 0.15) is 63.0 Å².